The topological polar surface area (TPSA) is 29.5 Å². The van der Waals surface area contributed by atoms with Crippen LogP contribution in [-0.4, -0.2) is 16.2 Å². The smallest absolute Gasteiger partial charge is 0.150 e. The van der Waals surface area contributed by atoms with Gasteiger partial charge in [-0.1, -0.05) is 27.5 Å². The van der Waals surface area contributed by atoms with Crippen LogP contribution in [0.2, 0.25) is 5.02 Å². The number of alkyl halides is 1. The Bertz CT molecular complexity index is 266. The average Bonchev–Trinajstić information content (AvgIpc) is 2.02. The van der Waals surface area contributed by atoms with Crippen molar-refractivity contribution in [1.29, 1.82) is 0 Å². The van der Waals surface area contributed by atoms with Crippen molar-refractivity contribution in [2.75, 3.05) is 6.61 Å². The number of hydrogen-bond donors (Lipinski definition) is 1. The summed E-state index contributed by atoms with van der Waals surface area (Å²) in [4.78, 5) is 0. The van der Waals surface area contributed by atoms with Crippen LogP contribution in [0.4, 0.5) is 0 Å². The van der Waals surface area contributed by atoms with Gasteiger partial charge >= 0.3 is 0 Å². The monoisotopic (exact) mass is 264 g/mol. The molecule has 1 aromatic rings. The van der Waals surface area contributed by atoms with E-state index in [0.717, 1.165) is 0 Å². The zero-order valence-corrected chi connectivity index (χ0v) is 9.47. The largest absolute Gasteiger partial charge is 0.490 e. The van der Waals surface area contributed by atoms with Gasteiger partial charge in [-0.2, -0.15) is 0 Å². The van der Waals surface area contributed by atoms with Crippen molar-refractivity contribution < 1.29 is 9.84 Å². The SMILES string of the molecule is CC(O)(Br)COc1ccc(Cl)cc1. The second kappa shape index (κ2) is 4.31. The third-order valence-corrected chi connectivity index (χ3v) is 1.80. The number of aliphatic hydroxyl groups is 1. The lowest BCUT2D eigenvalue weighted by molar-refractivity contribution is 0.0987. The maximum Gasteiger partial charge on any atom is 0.150 e. The Morgan fingerprint density at radius 3 is 2.46 bits per heavy atom. The van der Waals surface area contributed by atoms with E-state index in [1.807, 2.05) is 0 Å². The minimum atomic E-state index is -0.993. The van der Waals surface area contributed by atoms with E-state index >= 15 is 0 Å². The van der Waals surface area contributed by atoms with E-state index in [2.05, 4.69) is 15.9 Å². The lowest BCUT2D eigenvalue weighted by Gasteiger charge is -2.15. The molecule has 0 aliphatic rings. The molecule has 0 aromatic heterocycles. The third-order valence-electron chi connectivity index (χ3n) is 1.32. The summed E-state index contributed by atoms with van der Waals surface area (Å²) in [5.41, 5.74) is 0. The summed E-state index contributed by atoms with van der Waals surface area (Å²) in [6, 6.07) is 6.97. The van der Waals surface area contributed by atoms with Gasteiger partial charge in [0.05, 0.1) is 0 Å². The van der Waals surface area contributed by atoms with Gasteiger partial charge in [-0.3, -0.25) is 0 Å². The van der Waals surface area contributed by atoms with Crippen molar-refractivity contribution in [2.24, 2.45) is 0 Å². The molecule has 1 aromatic carbocycles. The standard InChI is InChI=1S/C9H10BrClO2/c1-9(10,12)6-13-8-4-2-7(11)3-5-8/h2-5,12H,6H2,1H3. The Labute approximate surface area is 90.6 Å². The first-order valence-electron chi connectivity index (χ1n) is 3.77. The Morgan fingerprint density at radius 2 is 2.00 bits per heavy atom. The summed E-state index contributed by atoms with van der Waals surface area (Å²) in [6.07, 6.45) is 0. The summed E-state index contributed by atoms with van der Waals surface area (Å²) in [5, 5.41) is 9.96. The van der Waals surface area contributed by atoms with E-state index in [9.17, 15) is 5.11 Å². The van der Waals surface area contributed by atoms with E-state index in [0.29, 0.717) is 10.8 Å². The van der Waals surface area contributed by atoms with Crippen LogP contribution in [0.1, 0.15) is 6.92 Å². The van der Waals surface area contributed by atoms with E-state index in [4.69, 9.17) is 16.3 Å². The lowest BCUT2D eigenvalue weighted by atomic mass is 10.3. The first-order valence-corrected chi connectivity index (χ1v) is 4.94. The predicted octanol–water partition coefficient (Wildman–Crippen LogP) is 2.82. The van der Waals surface area contributed by atoms with Gasteiger partial charge in [0.15, 0.2) is 0 Å². The minimum Gasteiger partial charge on any atom is -0.490 e. The molecule has 1 atom stereocenters. The summed E-state index contributed by atoms with van der Waals surface area (Å²) < 4.78 is 4.28. The minimum absolute atomic E-state index is 0.189. The van der Waals surface area contributed by atoms with Gasteiger partial charge in [0.1, 0.15) is 16.9 Å². The number of benzene rings is 1. The highest BCUT2D eigenvalue weighted by Gasteiger charge is 2.15. The Balaban J connectivity index is 2.51. The number of hydrogen-bond acceptors (Lipinski definition) is 2. The highest BCUT2D eigenvalue weighted by molar-refractivity contribution is 9.10. The summed E-state index contributed by atoms with van der Waals surface area (Å²) in [5.74, 6) is 0.684. The van der Waals surface area contributed by atoms with Crippen molar-refractivity contribution in [2.45, 2.75) is 11.4 Å². The molecule has 0 aliphatic carbocycles. The van der Waals surface area contributed by atoms with Crippen LogP contribution in [-0.2, 0) is 0 Å². The molecule has 0 aliphatic heterocycles. The van der Waals surface area contributed by atoms with Crippen LogP contribution in [0.15, 0.2) is 24.3 Å². The lowest BCUT2D eigenvalue weighted by Crippen LogP contribution is -2.24. The molecule has 0 saturated heterocycles. The van der Waals surface area contributed by atoms with E-state index in [-0.39, 0.29) is 6.61 Å². The molecule has 1 rings (SSSR count). The summed E-state index contributed by atoms with van der Waals surface area (Å²) in [6.45, 7) is 1.80. The zero-order valence-electron chi connectivity index (χ0n) is 7.13. The molecule has 0 bridgehead atoms. The fourth-order valence-corrected chi connectivity index (χ4v) is 0.986. The van der Waals surface area contributed by atoms with Gasteiger partial charge in [0, 0.05) is 5.02 Å². The maximum atomic E-state index is 9.30. The van der Waals surface area contributed by atoms with Crippen molar-refractivity contribution >= 4 is 27.5 Å². The van der Waals surface area contributed by atoms with Crippen LogP contribution >= 0.6 is 27.5 Å². The maximum absolute atomic E-state index is 9.30. The molecule has 0 spiro atoms. The highest BCUT2D eigenvalue weighted by Crippen LogP contribution is 2.18. The van der Waals surface area contributed by atoms with E-state index in [1.54, 1.807) is 31.2 Å². The van der Waals surface area contributed by atoms with Gasteiger partial charge < -0.3 is 9.84 Å². The molecule has 2 nitrogen and oxygen atoms in total. The Hall–Kier alpha value is -0.250. The van der Waals surface area contributed by atoms with Crippen LogP contribution in [0, 0.1) is 0 Å². The summed E-state index contributed by atoms with van der Waals surface area (Å²) in [7, 11) is 0. The first kappa shape index (κ1) is 10.8. The van der Waals surface area contributed by atoms with Gasteiger partial charge in [0.2, 0.25) is 0 Å². The van der Waals surface area contributed by atoms with Gasteiger partial charge in [0.25, 0.3) is 0 Å². The van der Waals surface area contributed by atoms with E-state index < -0.39 is 4.51 Å². The van der Waals surface area contributed by atoms with Crippen molar-refractivity contribution in [3.8, 4) is 5.75 Å². The van der Waals surface area contributed by atoms with Crippen LogP contribution in [0.5, 0.6) is 5.75 Å². The quantitative estimate of drug-likeness (QED) is 0.852. The van der Waals surface area contributed by atoms with Crippen molar-refractivity contribution in [3.63, 3.8) is 0 Å². The zero-order chi connectivity index (χ0) is 9.90. The molecular formula is C9H10BrClO2. The van der Waals surface area contributed by atoms with Crippen LogP contribution < -0.4 is 4.74 Å². The molecule has 13 heavy (non-hydrogen) atoms. The third kappa shape index (κ3) is 4.50. The van der Waals surface area contributed by atoms with Gasteiger partial charge in [-0.05, 0) is 31.2 Å². The highest BCUT2D eigenvalue weighted by atomic mass is 79.9. The number of rotatable bonds is 3. The van der Waals surface area contributed by atoms with Gasteiger partial charge in [-0.25, -0.2) is 0 Å². The molecule has 1 N–H and O–H groups in total. The predicted molar refractivity (Wildman–Crippen MR) is 56.5 cm³/mol. The average molecular weight is 266 g/mol. The molecule has 72 valence electrons. The number of halogens is 2. The molecule has 0 heterocycles. The molecule has 4 heteroatoms. The Kier molecular flexibility index (Phi) is 3.59. The molecule has 0 fully saturated rings. The van der Waals surface area contributed by atoms with Crippen LogP contribution in [0.3, 0.4) is 0 Å². The Morgan fingerprint density at radius 1 is 1.46 bits per heavy atom. The summed E-state index contributed by atoms with van der Waals surface area (Å²) >= 11 is 8.74. The van der Waals surface area contributed by atoms with E-state index in [1.165, 1.54) is 0 Å². The second-order valence-corrected chi connectivity index (χ2v) is 5.03. The molecule has 0 saturated carbocycles. The normalized spacial score (nSPS) is 15.1. The number of ether oxygens (including phenoxy) is 1. The fourth-order valence-electron chi connectivity index (χ4n) is 0.746. The molecule has 1 unspecified atom stereocenters. The fraction of sp³-hybridized carbons (Fsp3) is 0.333. The molecule has 0 radical (unpaired) electrons. The molecular weight excluding hydrogens is 255 g/mol. The second-order valence-electron chi connectivity index (χ2n) is 2.88. The molecule has 0 amide bonds. The van der Waals surface area contributed by atoms with Crippen molar-refractivity contribution in [3.05, 3.63) is 29.3 Å². The first-order chi connectivity index (χ1) is 5.97. The van der Waals surface area contributed by atoms with Crippen LogP contribution in [0.25, 0.3) is 0 Å². The van der Waals surface area contributed by atoms with Gasteiger partial charge in [-0.15, -0.1) is 0 Å². The van der Waals surface area contributed by atoms with Crippen molar-refractivity contribution in [1.82, 2.24) is 0 Å².